The van der Waals surface area contributed by atoms with Crippen molar-refractivity contribution >= 4 is 23.2 Å². The van der Waals surface area contributed by atoms with Crippen molar-refractivity contribution in [1.29, 1.82) is 0 Å². The van der Waals surface area contributed by atoms with Crippen LogP contribution in [0.2, 0.25) is 0 Å². The summed E-state index contributed by atoms with van der Waals surface area (Å²) in [5.41, 5.74) is 1.44. The van der Waals surface area contributed by atoms with Crippen LogP contribution in [-0.4, -0.2) is 50.0 Å². The normalized spacial score (nSPS) is 20.3. The summed E-state index contributed by atoms with van der Waals surface area (Å²) in [5.74, 6) is 0.834. The number of carbonyl (C=O) groups excluding carboxylic acids is 2. The summed E-state index contributed by atoms with van der Waals surface area (Å²) >= 11 is 0. The molecule has 1 unspecified atom stereocenters. The Labute approximate surface area is 136 Å². The molecule has 1 atom stereocenters. The number of amides is 2. The number of hydrogen-bond acceptors (Lipinski definition) is 4. The molecule has 1 saturated carbocycles. The molecule has 1 heterocycles. The molecular weight excluding hydrogens is 294 g/mol. The van der Waals surface area contributed by atoms with E-state index in [2.05, 4.69) is 5.32 Å². The summed E-state index contributed by atoms with van der Waals surface area (Å²) in [5, 5.41) is 2.92. The predicted molar refractivity (Wildman–Crippen MR) is 88.8 cm³/mol. The lowest BCUT2D eigenvalue weighted by Crippen LogP contribution is -2.46. The molecule has 1 N–H and O–H groups in total. The Hall–Kier alpha value is -2.08. The minimum absolute atomic E-state index is 0.0509. The van der Waals surface area contributed by atoms with Gasteiger partial charge in [-0.15, -0.1) is 0 Å². The summed E-state index contributed by atoms with van der Waals surface area (Å²) < 4.78 is 5.68. The second-order valence-corrected chi connectivity index (χ2v) is 6.50. The van der Waals surface area contributed by atoms with E-state index in [9.17, 15) is 9.59 Å². The number of benzene rings is 1. The Balaban J connectivity index is 1.84. The Morgan fingerprint density at radius 1 is 1.39 bits per heavy atom. The second-order valence-electron chi connectivity index (χ2n) is 6.50. The maximum atomic E-state index is 12.4. The van der Waals surface area contributed by atoms with Gasteiger partial charge in [-0.3, -0.25) is 9.59 Å². The molecule has 0 saturated heterocycles. The minimum Gasteiger partial charge on any atom is -0.479 e. The lowest BCUT2D eigenvalue weighted by atomic mass is 10.1. The van der Waals surface area contributed by atoms with Gasteiger partial charge >= 0.3 is 0 Å². The molecular formula is C17H23N3O3. The first-order chi connectivity index (χ1) is 11.0. The van der Waals surface area contributed by atoms with E-state index >= 15 is 0 Å². The number of hydrogen-bond donors (Lipinski definition) is 1. The predicted octanol–water partition coefficient (Wildman–Crippen LogP) is 1.71. The molecule has 3 rings (SSSR count). The first kappa shape index (κ1) is 15.8. The van der Waals surface area contributed by atoms with Gasteiger partial charge in [0.2, 0.25) is 5.91 Å². The van der Waals surface area contributed by atoms with E-state index in [0.29, 0.717) is 18.0 Å². The average Bonchev–Trinajstić information content (AvgIpc) is 3.33. The highest BCUT2D eigenvalue weighted by Crippen LogP contribution is 2.37. The standard InChI is InChI=1S/C17H23N3O3/c1-11-17(22)20(9-8-19(2)3)14-10-13(6-7-15(14)23-11)18-16(21)12-4-5-12/h6-7,10-12H,4-5,8-9H2,1-3H3,(H,18,21). The van der Waals surface area contributed by atoms with Crippen LogP contribution in [0, 0.1) is 5.92 Å². The van der Waals surface area contributed by atoms with Crippen LogP contribution >= 0.6 is 0 Å². The fraction of sp³-hybridized carbons (Fsp3) is 0.529. The number of rotatable bonds is 5. The van der Waals surface area contributed by atoms with Gasteiger partial charge in [0, 0.05) is 24.7 Å². The molecule has 0 spiro atoms. The van der Waals surface area contributed by atoms with Crippen molar-refractivity contribution in [3.05, 3.63) is 18.2 Å². The first-order valence-corrected chi connectivity index (χ1v) is 8.03. The number of likely N-dealkylation sites (N-methyl/N-ethyl adjacent to an activating group) is 1. The molecule has 2 amide bonds. The van der Waals surface area contributed by atoms with Crippen LogP contribution in [0.15, 0.2) is 18.2 Å². The molecule has 1 fully saturated rings. The third-order valence-electron chi connectivity index (χ3n) is 4.15. The highest BCUT2D eigenvalue weighted by Gasteiger charge is 2.33. The van der Waals surface area contributed by atoms with Gasteiger partial charge in [0.05, 0.1) is 5.69 Å². The Morgan fingerprint density at radius 3 is 2.78 bits per heavy atom. The molecule has 1 aromatic carbocycles. The van der Waals surface area contributed by atoms with Crippen LogP contribution in [0.1, 0.15) is 19.8 Å². The van der Waals surface area contributed by atoms with Gasteiger partial charge in [-0.05, 0) is 52.1 Å². The summed E-state index contributed by atoms with van der Waals surface area (Å²) in [6, 6.07) is 5.48. The van der Waals surface area contributed by atoms with E-state index in [1.54, 1.807) is 11.8 Å². The monoisotopic (exact) mass is 317 g/mol. The lowest BCUT2D eigenvalue weighted by Gasteiger charge is -2.34. The highest BCUT2D eigenvalue weighted by atomic mass is 16.5. The van der Waals surface area contributed by atoms with Gasteiger partial charge < -0.3 is 19.9 Å². The molecule has 1 aliphatic carbocycles. The van der Waals surface area contributed by atoms with Crippen LogP contribution < -0.4 is 15.0 Å². The zero-order valence-corrected chi connectivity index (χ0v) is 13.8. The topological polar surface area (TPSA) is 61.9 Å². The van der Waals surface area contributed by atoms with Gasteiger partial charge in [0.15, 0.2) is 6.10 Å². The third kappa shape index (κ3) is 3.47. The molecule has 1 aromatic rings. The number of nitrogens with zero attached hydrogens (tertiary/aromatic N) is 2. The molecule has 2 aliphatic rings. The van der Waals surface area contributed by atoms with Crippen molar-refractivity contribution < 1.29 is 14.3 Å². The average molecular weight is 317 g/mol. The van der Waals surface area contributed by atoms with Crippen LogP contribution in [0.25, 0.3) is 0 Å². The van der Waals surface area contributed by atoms with Gasteiger partial charge in [0.25, 0.3) is 5.91 Å². The fourth-order valence-corrected chi connectivity index (χ4v) is 2.61. The van der Waals surface area contributed by atoms with Gasteiger partial charge in [-0.1, -0.05) is 0 Å². The second kappa shape index (κ2) is 6.20. The number of fused-ring (bicyclic) bond motifs is 1. The minimum atomic E-state index is -0.489. The van der Waals surface area contributed by atoms with Gasteiger partial charge in [-0.25, -0.2) is 0 Å². The van der Waals surface area contributed by atoms with Crippen LogP contribution in [0.5, 0.6) is 5.75 Å². The van der Waals surface area contributed by atoms with Crippen molar-refractivity contribution in [3.8, 4) is 5.75 Å². The van der Waals surface area contributed by atoms with Gasteiger partial charge in [-0.2, -0.15) is 0 Å². The van der Waals surface area contributed by atoms with E-state index < -0.39 is 6.10 Å². The number of nitrogens with one attached hydrogen (secondary N) is 1. The molecule has 6 nitrogen and oxygen atoms in total. The molecule has 0 radical (unpaired) electrons. The number of ether oxygens (including phenoxy) is 1. The van der Waals surface area contributed by atoms with Crippen LogP contribution in [-0.2, 0) is 9.59 Å². The summed E-state index contributed by atoms with van der Waals surface area (Å²) in [4.78, 5) is 28.2. The maximum absolute atomic E-state index is 12.4. The zero-order chi connectivity index (χ0) is 16.6. The van der Waals surface area contributed by atoms with Crippen LogP contribution in [0.3, 0.4) is 0 Å². The lowest BCUT2D eigenvalue weighted by molar-refractivity contribution is -0.125. The third-order valence-corrected chi connectivity index (χ3v) is 4.15. The van der Waals surface area contributed by atoms with Crippen LogP contribution in [0.4, 0.5) is 11.4 Å². The van der Waals surface area contributed by atoms with E-state index in [0.717, 1.165) is 25.1 Å². The smallest absolute Gasteiger partial charge is 0.267 e. The molecule has 0 aromatic heterocycles. The summed E-state index contributed by atoms with van der Waals surface area (Å²) in [7, 11) is 3.95. The quantitative estimate of drug-likeness (QED) is 0.898. The zero-order valence-electron chi connectivity index (χ0n) is 13.8. The van der Waals surface area contributed by atoms with E-state index in [1.165, 1.54) is 0 Å². The summed E-state index contributed by atoms with van der Waals surface area (Å²) in [6.45, 7) is 3.11. The molecule has 23 heavy (non-hydrogen) atoms. The Bertz CT molecular complexity index is 626. The van der Waals surface area contributed by atoms with E-state index in [-0.39, 0.29) is 17.7 Å². The number of anilines is 2. The molecule has 0 bridgehead atoms. The van der Waals surface area contributed by atoms with E-state index in [1.807, 2.05) is 37.2 Å². The van der Waals surface area contributed by atoms with Crippen molar-refractivity contribution in [2.24, 2.45) is 5.92 Å². The van der Waals surface area contributed by atoms with Crippen molar-refractivity contribution in [3.63, 3.8) is 0 Å². The van der Waals surface area contributed by atoms with Crippen molar-refractivity contribution in [1.82, 2.24) is 4.90 Å². The molecule has 124 valence electrons. The first-order valence-electron chi connectivity index (χ1n) is 8.03. The Morgan fingerprint density at radius 2 is 2.13 bits per heavy atom. The van der Waals surface area contributed by atoms with Gasteiger partial charge in [0.1, 0.15) is 5.75 Å². The fourth-order valence-electron chi connectivity index (χ4n) is 2.61. The van der Waals surface area contributed by atoms with Crippen molar-refractivity contribution in [2.75, 3.05) is 37.4 Å². The largest absolute Gasteiger partial charge is 0.479 e. The van der Waals surface area contributed by atoms with E-state index in [4.69, 9.17) is 4.74 Å². The number of carbonyl (C=O) groups is 2. The van der Waals surface area contributed by atoms with Crippen molar-refractivity contribution in [2.45, 2.75) is 25.9 Å². The highest BCUT2D eigenvalue weighted by molar-refractivity contribution is 6.01. The maximum Gasteiger partial charge on any atom is 0.267 e. The molecule has 1 aliphatic heterocycles. The molecule has 6 heteroatoms. The summed E-state index contributed by atoms with van der Waals surface area (Å²) in [6.07, 6.45) is 1.44. The Kier molecular flexibility index (Phi) is 4.26. The SMILES string of the molecule is CC1Oc2ccc(NC(=O)C3CC3)cc2N(CCN(C)C)C1=O.